The number of methoxy groups -OCH3 is 2. The maximum atomic E-state index is 5.51. The van der Waals surface area contributed by atoms with Gasteiger partial charge in [0, 0.05) is 38.3 Å². The molecule has 0 atom stereocenters. The number of hydrogen-bond acceptors (Lipinski definition) is 4. The molecule has 1 aromatic carbocycles. The van der Waals surface area contributed by atoms with Gasteiger partial charge in [-0.05, 0) is 37.6 Å². The van der Waals surface area contributed by atoms with Gasteiger partial charge in [-0.2, -0.15) is 0 Å². The molecule has 20 heavy (non-hydrogen) atoms. The summed E-state index contributed by atoms with van der Waals surface area (Å²) in [6.07, 6.45) is 2.62. The van der Waals surface area contributed by atoms with Crippen molar-refractivity contribution in [2.24, 2.45) is 0 Å². The molecule has 0 aliphatic heterocycles. The Morgan fingerprint density at radius 2 is 2.10 bits per heavy atom. The van der Waals surface area contributed by atoms with Crippen LogP contribution in [0, 0.1) is 0 Å². The van der Waals surface area contributed by atoms with Gasteiger partial charge in [-0.25, -0.2) is 0 Å². The van der Waals surface area contributed by atoms with Crippen molar-refractivity contribution in [2.75, 3.05) is 34.4 Å². The van der Waals surface area contributed by atoms with Crippen LogP contribution in [0.3, 0.4) is 0 Å². The molecule has 4 heteroatoms. The van der Waals surface area contributed by atoms with Gasteiger partial charge in [-0.1, -0.05) is 6.07 Å². The molecule has 1 N–H and O–H groups in total. The lowest BCUT2D eigenvalue weighted by Crippen LogP contribution is -2.29. The molecule has 112 valence electrons. The highest BCUT2D eigenvalue weighted by atomic mass is 16.5. The summed E-state index contributed by atoms with van der Waals surface area (Å²) in [7, 11) is 5.48. The van der Waals surface area contributed by atoms with Crippen LogP contribution < -0.4 is 10.1 Å². The number of ether oxygens (including phenoxy) is 2. The van der Waals surface area contributed by atoms with E-state index in [0.29, 0.717) is 0 Å². The zero-order valence-electron chi connectivity index (χ0n) is 12.8. The molecule has 1 aliphatic carbocycles. The highest BCUT2D eigenvalue weighted by molar-refractivity contribution is 5.37. The standard InChI is InChI=1S/C16H26N2O2/c1-17-11-13-4-7-16(20-3)14(10-13)12-18(8-9-19-2)15-5-6-15/h4,7,10,15,17H,5-6,8-9,11-12H2,1-3H3. The van der Waals surface area contributed by atoms with E-state index in [1.54, 1.807) is 14.2 Å². The topological polar surface area (TPSA) is 33.7 Å². The Balaban J connectivity index is 2.09. The minimum atomic E-state index is 0.725. The van der Waals surface area contributed by atoms with Gasteiger partial charge < -0.3 is 14.8 Å². The summed E-state index contributed by atoms with van der Waals surface area (Å²) in [6.45, 7) is 3.60. The lowest BCUT2D eigenvalue weighted by atomic mass is 10.1. The first-order valence-electron chi connectivity index (χ1n) is 7.32. The van der Waals surface area contributed by atoms with Crippen LogP contribution >= 0.6 is 0 Å². The van der Waals surface area contributed by atoms with Crippen LogP contribution in [0.4, 0.5) is 0 Å². The molecule has 0 heterocycles. The molecule has 4 nitrogen and oxygen atoms in total. The van der Waals surface area contributed by atoms with Crippen molar-refractivity contribution in [3.8, 4) is 5.75 Å². The van der Waals surface area contributed by atoms with Crippen LogP contribution in [0.25, 0.3) is 0 Å². The maximum Gasteiger partial charge on any atom is 0.123 e. The second-order valence-electron chi connectivity index (χ2n) is 5.37. The van der Waals surface area contributed by atoms with E-state index in [9.17, 15) is 0 Å². The second kappa shape index (κ2) is 7.62. The van der Waals surface area contributed by atoms with Crippen LogP contribution in [0.1, 0.15) is 24.0 Å². The van der Waals surface area contributed by atoms with Crippen LogP contribution in [-0.2, 0) is 17.8 Å². The van der Waals surface area contributed by atoms with Crippen molar-refractivity contribution in [3.05, 3.63) is 29.3 Å². The Morgan fingerprint density at radius 1 is 1.30 bits per heavy atom. The molecule has 0 bridgehead atoms. The largest absolute Gasteiger partial charge is 0.496 e. The molecule has 1 fully saturated rings. The van der Waals surface area contributed by atoms with Gasteiger partial charge in [0.25, 0.3) is 0 Å². The molecule has 0 spiro atoms. The molecule has 1 aromatic rings. The molecule has 0 aromatic heterocycles. The number of benzene rings is 1. The van der Waals surface area contributed by atoms with Gasteiger partial charge in [-0.15, -0.1) is 0 Å². The summed E-state index contributed by atoms with van der Waals surface area (Å²) in [4.78, 5) is 2.50. The van der Waals surface area contributed by atoms with Gasteiger partial charge >= 0.3 is 0 Å². The lowest BCUT2D eigenvalue weighted by Gasteiger charge is -2.23. The molecule has 0 amide bonds. The van der Waals surface area contributed by atoms with E-state index in [1.807, 2.05) is 7.05 Å². The average molecular weight is 278 g/mol. The van der Waals surface area contributed by atoms with Gasteiger partial charge in [0.15, 0.2) is 0 Å². The fourth-order valence-electron chi connectivity index (χ4n) is 2.53. The summed E-state index contributed by atoms with van der Waals surface area (Å²) >= 11 is 0. The van der Waals surface area contributed by atoms with Crippen molar-refractivity contribution in [2.45, 2.75) is 32.0 Å². The number of nitrogens with one attached hydrogen (secondary N) is 1. The van der Waals surface area contributed by atoms with E-state index in [0.717, 1.165) is 38.0 Å². The Labute approximate surface area is 122 Å². The van der Waals surface area contributed by atoms with Crippen molar-refractivity contribution in [1.29, 1.82) is 0 Å². The first-order chi connectivity index (χ1) is 9.78. The maximum absolute atomic E-state index is 5.51. The smallest absolute Gasteiger partial charge is 0.123 e. The zero-order valence-corrected chi connectivity index (χ0v) is 12.8. The van der Waals surface area contributed by atoms with Crippen molar-refractivity contribution in [3.63, 3.8) is 0 Å². The van der Waals surface area contributed by atoms with Gasteiger partial charge in [0.1, 0.15) is 5.75 Å². The minimum absolute atomic E-state index is 0.725. The molecule has 2 rings (SSSR count). The van der Waals surface area contributed by atoms with Gasteiger partial charge in [0.05, 0.1) is 13.7 Å². The predicted octanol–water partition coefficient (Wildman–Crippen LogP) is 2.03. The number of rotatable bonds is 9. The summed E-state index contributed by atoms with van der Waals surface area (Å²) in [5, 5.41) is 3.20. The molecular weight excluding hydrogens is 252 g/mol. The highest BCUT2D eigenvalue weighted by Crippen LogP contribution is 2.30. The van der Waals surface area contributed by atoms with Crippen molar-refractivity contribution in [1.82, 2.24) is 10.2 Å². The number of hydrogen-bond donors (Lipinski definition) is 1. The van der Waals surface area contributed by atoms with Gasteiger partial charge in [-0.3, -0.25) is 4.90 Å². The summed E-state index contributed by atoms with van der Waals surface area (Å²) in [6, 6.07) is 7.17. The monoisotopic (exact) mass is 278 g/mol. The van der Waals surface area contributed by atoms with E-state index in [4.69, 9.17) is 9.47 Å². The Kier molecular flexibility index (Phi) is 5.83. The van der Waals surface area contributed by atoms with Crippen molar-refractivity contribution >= 4 is 0 Å². The molecular formula is C16H26N2O2. The van der Waals surface area contributed by atoms with E-state index in [-0.39, 0.29) is 0 Å². The Bertz CT molecular complexity index is 419. The molecule has 1 saturated carbocycles. The lowest BCUT2D eigenvalue weighted by molar-refractivity contribution is 0.139. The van der Waals surface area contributed by atoms with Crippen molar-refractivity contribution < 1.29 is 9.47 Å². The predicted molar refractivity (Wildman–Crippen MR) is 81.1 cm³/mol. The average Bonchev–Trinajstić information content (AvgIpc) is 3.28. The third kappa shape index (κ3) is 4.20. The molecule has 0 saturated heterocycles. The third-order valence-electron chi connectivity index (χ3n) is 3.75. The molecule has 0 radical (unpaired) electrons. The SMILES string of the molecule is CNCc1ccc(OC)c(CN(CCOC)C2CC2)c1. The van der Waals surface area contributed by atoms with E-state index < -0.39 is 0 Å². The van der Waals surface area contributed by atoms with Crippen LogP contribution in [-0.4, -0.2) is 45.4 Å². The fourth-order valence-corrected chi connectivity index (χ4v) is 2.53. The summed E-state index contributed by atoms with van der Waals surface area (Å²) in [5.41, 5.74) is 2.56. The Hall–Kier alpha value is -1.10. The quantitative estimate of drug-likeness (QED) is 0.749. The zero-order chi connectivity index (χ0) is 14.4. The van der Waals surface area contributed by atoms with E-state index in [2.05, 4.69) is 28.4 Å². The van der Waals surface area contributed by atoms with Crippen LogP contribution in [0.15, 0.2) is 18.2 Å². The first-order valence-corrected chi connectivity index (χ1v) is 7.32. The van der Waals surface area contributed by atoms with Crippen LogP contribution in [0.2, 0.25) is 0 Å². The summed E-state index contributed by atoms with van der Waals surface area (Å²) in [5.74, 6) is 0.980. The fraction of sp³-hybridized carbons (Fsp3) is 0.625. The first kappa shape index (κ1) is 15.3. The summed E-state index contributed by atoms with van der Waals surface area (Å²) < 4.78 is 10.7. The normalized spacial score (nSPS) is 14.8. The van der Waals surface area contributed by atoms with E-state index in [1.165, 1.54) is 24.0 Å². The Morgan fingerprint density at radius 3 is 2.70 bits per heavy atom. The highest BCUT2D eigenvalue weighted by Gasteiger charge is 2.29. The third-order valence-corrected chi connectivity index (χ3v) is 3.75. The minimum Gasteiger partial charge on any atom is -0.496 e. The van der Waals surface area contributed by atoms with Gasteiger partial charge in [0.2, 0.25) is 0 Å². The number of nitrogens with zero attached hydrogens (tertiary/aromatic N) is 1. The molecule has 1 aliphatic rings. The van der Waals surface area contributed by atoms with E-state index >= 15 is 0 Å². The second-order valence-corrected chi connectivity index (χ2v) is 5.37. The molecule has 0 unspecified atom stereocenters. The van der Waals surface area contributed by atoms with Crippen LogP contribution in [0.5, 0.6) is 5.75 Å².